The molecule has 0 aliphatic rings. The molecule has 2 aromatic carbocycles. The third-order valence-electron chi connectivity index (χ3n) is 4.58. The summed E-state index contributed by atoms with van der Waals surface area (Å²) in [6, 6.07) is 13.2. The number of rotatable bonds is 6. The van der Waals surface area contributed by atoms with E-state index in [9.17, 15) is 9.59 Å². The number of hydrogen-bond acceptors (Lipinski definition) is 2. The predicted molar refractivity (Wildman–Crippen MR) is 106 cm³/mol. The topological polar surface area (TPSA) is 58.2 Å². The Labute approximate surface area is 159 Å². The Hall–Kier alpha value is -2.33. The summed E-state index contributed by atoms with van der Waals surface area (Å²) in [5.74, 6) is -0.631. The molecule has 5 heteroatoms. The number of amides is 2. The van der Waals surface area contributed by atoms with Crippen LogP contribution in [0.2, 0.25) is 5.02 Å². The largest absolute Gasteiger partial charge is 0.355 e. The van der Waals surface area contributed by atoms with Crippen LogP contribution in [0, 0.1) is 19.3 Å². The van der Waals surface area contributed by atoms with Crippen molar-refractivity contribution in [3.8, 4) is 0 Å². The van der Waals surface area contributed by atoms with Crippen molar-refractivity contribution in [1.29, 1.82) is 0 Å². The van der Waals surface area contributed by atoms with Crippen LogP contribution in [-0.4, -0.2) is 18.4 Å². The number of halogens is 1. The van der Waals surface area contributed by atoms with Crippen molar-refractivity contribution in [2.24, 2.45) is 5.41 Å². The van der Waals surface area contributed by atoms with E-state index < -0.39 is 5.41 Å². The van der Waals surface area contributed by atoms with Gasteiger partial charge in [-0.05, 0) is 69.0 Å². The summed E-state index contributed by atoms with van der Waals surface area (Å²) in [5, 5.41) is 6.38. The summed E-state index contributed by atoms with van der Waals surface area (Å²) in [6.07, 6.45) is 0.654. The minimum Gasteiger partial charge on any atom is -0.355 e. The maximum Gasteiger partial charge on any atom is 0.239 e. The third-order valence-corrected chi connectivity index (χ3v) is 4.81. The van der Waals surface area contributed by atoms with E-state index in [1.165, 1.54) is 0 Å². The molecule has 4 nitrogen and oxygen atoms in total. The molecule has 0 fully saturated rings. The lowest BCUT2D eigenvalue weighted by molar-refractivity contribution is -0.138. The van der Waals surface area contributed by atoms with Gasteiger partial charge in [-0.1, -0.05) is 35.9 Å². The highest BCUT2D eigenvalue weighted by atomic mass is 35.5. The molecule has 0 bridgehead atoms. The van der Waals surface area contributed by atoms with Crippen molar-refractivity contribution in [3.05, 3.63) is 64.2 Å². The van der Waals surface area contributed by atoms with E-state index in [-0.39, 0.29) is 11.8 Å². The smallest absolute Gasteiger partial charge is 0.239 e. The zero-order valence-electron chi connectivity index (χ0n) is 15.7. The lowest BCUT2D eigenvalue weighted by Crippen LogP contribution is -2.45. The van der Waals surface area contributed by atoms with Gasteiger partial charge in [0, 0.05) is 17.3 Å². The second kappa shape index (κ2) is 8.37. The van der Waals surface area contributed by atoms with Gasteiger partial charge in [-0.25, -0.2) is 0 Å². The quantitative estimate of drug-likeness (QED) is 0.743. The Balaban J connectivity index is 1.95. The standard InChI is InChI=1S/C21H25ClN2O2/c1-14-7-5-10-18(15(14)2)24-20(26)21(3,4)19(25)23-12-11-16-8-6-9-17(22)13-16/h5-10,13H,11-12H2,1-4H3,(H,23,25)(H,24,26). The van der Waals surface area contributed by atoms with Crippen LogP contribution in [0.25, 0.3) is 0 Å². The lowest BCUT2D eigenvalue weighted by Gasteiger charge is -2.23. The Morgan fingerprint density at radius 3 is 2.42 bits per heavy atom. The Bertz CT molecular complexity index is 815. The molecule has 138 valence electrons. The van der Waals surface area contributed by atoms with E-state index in [0.29, 0.717) is 18.0 Å². The minimum atomic E-state index is -1.18. The Morgan fingerprint density at radius 2 is 1.73 bits per heavy atom. The van der Waals surface area contributed by atoms with Crippen molar-refractivity contribution < 1.29 is 9.59 Å². The first kappa shape index (κ1) is 20.0. The summed E-state index contributed by atoms with van der Waals surface area (Å²) in [6.45, 7) is 7.63. The van der Waals surface area contributed by atoms with Gasteiger partial charge in [0.25, 0.3) is 0 Å². The maximum atomic E-state index is 12.6. The van der Waals surface area contributed by atoms with Gasteiger partial charge in [0.2, 0.25) is 11.8 Å². The summed E-state index contributed by atoms with van der Waals surface area (Å²) < 4.78 is 0. The molecular weight excluding hydrogens is 348 g/mol. The van der Waals surface area contributed by atoms with Gasteiger partial charge >= 0.3 is 0 Å². The average Bonchev–Trinajstić information content (AvgIpc) is 2.58. The SMILES string of the molecule is Cc1cccc(NC(=O)C(C)(C)C(=O)NCCc2cccc(Cl)c2)c1C. The van der Waals surface area contributed by atoms with Crippen LogP contribution in [0.5, 0.6) is 0 Å². The molecule has 0 saturated heterocycles. The zero-order chi connectivity index (χ0) is 19.3. The lowest BCUT2D eigenvalue weighted by atomic mass is 9.90. The van der Waals surface area contributed by atoms with Crippen molar-refractivity contribution in [1.82, 2.24) is 5.32 Å². The van der Waals surface area contributed by atoms with Gasteiger partial charge < -0.3 is 10.6 Å². The van der Waals surface area contributed by atoms with E-state index in [1.54, 1.807) is 13.8 Å². The fourth-order valence-corrected chi connectivity index (χ4v) is 2.71. The first-order chi connectivity index (χ1) is 12.2. The predicted octanol–water partition coefficient (Wildman–Crippen LogP) is 4.28. The summed E-state index contributed by atoms with van der Waals surface area (Å²) in [4.78, 5) is 25.1. The first-order valence-electron chi connectivity index (χ1n) is 8.62. The molecule has 0 radical (unpaired) electrons. The molecule has 0 unspecified atom stereocenters. The molecule has 0 heterocycles. The molecular formula is C21H25ClN2O2. The molecule has 26 heavy (non-hydrogen) atoms. The van der Waals surface area contributed by atoms with E-state index in [2.05, 4.69) is 10.6 Å². The fraction of sp³-hybridized carbons (Fsp3) is 0.333. The Morgan fingerprint density at radius 1 is 1.04 bits per heavy atom. The Kier molecular flexibility index (Phi) is 6.43. The van der Waals surface area contributed by atoms with Crippen molar-refractivity contribution in [2.45, 2.75) is 34.1 Å². The molecule has 2 amide bonds. The van der Waals surface area contributed by atoms with Crippen LogP contribution in [0.1, 0.15) is 30.5 Å². The molecule has 0 saturated carbocycles. The third kappa shape index (κ3) is 4.85. The number of carbonyl (C=O) groups is 2. The van der Waals surface area contributed by atoms with Crippen LogP contribution in [0.4, 0.5) is 5.69 Å². The molecule has 0 aliphatic carbocycles. The average molecular weight is 373 g/mol. The highest BCUT2D eigenvalue weighted by Crippen LogP contribution is 2.23. The van der Waals surface area contributed by atoms with E-state index in [4.69, 9.17) is 11.6 Å². The van der Waals surface area contributed by atoms with Gasteiger partial charge in [-0.2, -0.15) is 0 Å². The van der Waals surface area contributed by atoms with Crippen molar-refractivity contribution >= 4 is 29.1 Å². The zero-order valence-corrected chi connectivity index (χ0v) is 16.4. The molecule has 2 N–H and O–H groups in total. The van der Waals surface area contributed by atoms with Gasteiger partial charge in [0.15, 0.2) is 0 Å². The maximum absolute atomic E-state index is 12.6. The highest BCUT2D eigenvalue weighted by Gasteiger charge is 2.36. The van der Waals surface area contributed by atoms with Gasteiger partial charge in [-0.15, -0.1) is 0 Å². The second-order valence-corrected chi connectivity index (χ2v) is 7.40. The minimum absolute atomic E-state index is 0.303. The van der Waals surface area contributed by atoms with Crippen LogP contribution < -0.4 is 10.6 Å². The number of benzene rings is 2. The van der Waals surface area contributed by atoms with Crippen LogP contribution >= 0.6 is 11.6 Å². The van der Waals surface area contributed by atoms with Crippen LogP contribution in [0.15, 0.2) is 42.5 Å². The van der Waals surface area contributed by atoms with Gasteiger partial charge in [0.05, 0.1) is 0 Å². The van der Waals surface area contributed by atoms with Crippen molar-refractivity contribution in [3.63, 3.8) is 0 Å². The van der Waals surface area contributed by atoms with Crippen LogP contribution in [-0.2, 0) is 16.0 Å². The summed E-state index contributed by atoms with van der Waals surface area (Å²) >= 11 is 5.96. The molecule has 2 aromatic rings. The van der Waals surface area contributed by atoms with E-state index >= 15 is 0 Å². The first-order valence-corrected chi connectivity index (χ1v) is 9.00. The number of aryl methyl sites for hydroxylation is 1. The summed E-state index contributed by atoms with van der Waals surface area (Å²) in [5.41, 5.74) is 2.68. The van der Waals surface area contributed by atoms with Gasteiger partial charge in [0.1, 0.15) is 5.41 Å². The van der Waals surface area contributed by atoms with Crippen molar-refractivity contribution in [2.75, 3.05) is 11.9 Å². The molecule has 2 rings (SSSR count). The molecule has 0 spiro atoms. The molecule has 0 atom stereocenters. The van der Waals surface area contributed by atoms with Gasteiger partial charge in [-0.3, -0.25) is 9.59 Å². The van der Waals surface area contributed by atoms with E-state index in [1.807, 2.05) is 56.3 Å². The highest BCUT2D eigenvalue weighted by molar-refractivity contribution is 6.30. The number of nitrogens with one attached hydrogen (secondary N) is 2. The number of anilines is 1. The summed E-state index contributed by atoms with van der Waals surface area (Å²) in [7, 11) is 0. The molecule has 0 aliphatic heterocycles. The van der Waals surface area contributed by atoms with E-state index in [0.717, 1.165) is 22.4 Å². The number of carbonyl (C=O) groups excluding carboxylic acids is 2. The second-order valence-electron chi connectivity index (χ2n) is 6.96. The fourth-order valence-electron chi connectivity index (χ4n) is 2.50. The monoisotopic (exact) mass is 372 g/mol. The number of hydrogen-bond donors (Lipinski definition) is 2. The van der Waals surface area contributed by atoms with Crippen LogP contribution in [0.3, 0.4) is 0 Å². The normalized spacial score (nSPS) is 11.1. The molecule has 0 aromatic heterocycles.